The number of aromatic nitrogens is 3. The standard InChI is InChI=1S/C13H13N3S/c1-3-10-6-9(2)15-16(10)11-4-5-12-13(7-11)17-8-14-12/h4-8H,3H2,1-2H3. The highest BCUT2D eigenvalue weighted by Gasteiger charge is 2.07. The number of fused-ring (bicyclic) bond motifs is 1. The van der Waals surface area contributed by atoms with Gasteiger partial charge in [0.05, 0.1) is 27.1 Å². The third-order valence-corrected chi connectivity index (χ3v) is 3.62. The summed E-state index contributed by atoms with van der Waals surface area (Å²) in [4.78, 5) is 4.29. The lowest BCUT2D eigenvalue weighted by Gasteiger charge is -2.05. The number of hydrogen-bond acceptors (Lipinski definition) is 3. The minimum Gasteiger partial charge on any atom is -0.245 e. The normalized spacial score (nSPS) is 11.2. The smallest absolute Gasteiger partial charge is 0.0813 e. The summed E-state index contributed by atoms with van der Waals surface area (Å²) in [6, 6.07) is 8.42. The summed E-state index contributed by atoms with van der Waals surface area (Å²) in [5.41, 5.74) is 6.36. The molecule has 0 amide bonds. The van der Waals surface area contributed by atoms with Crippen molar-refractivity contribution in [1.82, 2.24) is 14.8 Å². The van der Waals surface area contributed by atoms with Gasteiger partial charge in [0.25, 0.3) is 0 Å². The molecule has 4 heteroatoms. The number of rotatable bonds is 2. The van der Waals surface area contributed by atoms with E-state index in [9.17, 15) is 0 Å². The zero-order valence-electron chi connectivity index (χ0n) is 9.84. The molecule has 86 valence electrons. The molecule has 3 rings (SSSR count). The maximum absolute atomic E-state index is 4.54. The molecule has 1 aromatic carbocycles. The Morgan fingerprint density at radius 2 is 2.18 bits per heavy atom. The van der Waals surface area contributed by atoms with Crippen LogP contribution in [0.5, 0.6) is 0 Å². The second-order valence-electron chi connectivity index (χ2n) is 4.05. The van der Waals surface area contributed by atoms with Crippen LogP contribution in [0.2, 0.25) is 0 Å². The predicted octanol–water partition coefficient (Wildman–Crippen LogP) is 3.35. The first kappa shape index (κ1) is 10.5. The molecule has 3 nitrogen and oxygen atoms in total. The van der Waals surface area contributed by atoms with Crippen molar-refractivity contribution in [1.29, 1.82) is 0 Å². The van der Waals surface area contributed by atoms with Gasteiger partial charge in [-0.1, -0.05) is 6.92 Å². The van der Waals surface area contributed by atoms with Gasteiger partial charge < -0.3 is 0 Å². The van der Waals surface area contributed by atoms with E-state index in [-0.39, 0.29) is 0 Å². The van der Waals surface area contributed by atoms with Crippen LogP contribution in [0.1, 0.15) is 18.3 Å². The Balaban J connectivity index is 2.18. The zero-order chi connectivity index (χ0) is 11.8. The van der Waals surface area contributed by atoms with Crippen molar-refractivity contribution < 1.29 is 0 Å². The first-order valence-electron chi connectivity index (χ1n) is 5.67. The second kappa shape index (κ2) is 3.96. The molecule has 0 N–H and O–H groups in total. The van der Waals surface area contributed by atoms with E-state index in [2.05, 4.69) is 41.3 Å². The Morgan fingerprint density at radius 3 is 3.00 bits per heavy atom. The van der Waals surface area contributed by atoms with Crippen LogP contribution in [-0.2, 0) is 6.42 Å². The molecule has 0 aliphatic carbocycles. The number of aryl methyl sites for hydroxylation is 2. The summed E-state index contributed by atoms with van der Waals surface area (Å²) < 4.78 is 3.23. The quantitative estimate of drug-likeness (QED) is 0.691. The van der Waals surface area contributed by atoms with Crippen molar-refractivity contribution in [3.05, 3.63) is 41.2 Å². The van der Waals surface area contributed by atoms with Gasteiger partial charge in [-0.3, -0.25) is 0 Å². The predicted molar refractivity (Wildman–Crippen MR) is 70.9 cm³/mol. The summed E-state index contributed by atoms with van der Waals surface area (Å²) in [5, 5.41) is 4.54. The number of nitrogens with zero attached hydrogens (tertiary/aromatic N) is 3. The van der Waals surface area contributed by atoms with Crippen LogP contribution in [0.15, 0.2) is 29.8 Å². The average molecular weight is 243 g/mol. The van der Waals surface area contributed by atoms with Crippen molar-refractivity contribution in [3.63, 3.8) is 0 Å². The number of benzene rings is 1. The van der Waals surface area contributed by atoms with E-state index in [4.69, 9.17) is 0 Å². The van der Waals surface area contributed by atoms with Crippen molar-refractivity contribution >= 4 is 21.6 Å². The molecule has 0 spiro atoms. The molecule has 2 aromatic heterocycles. The second-order valence-corrected chi connectivity index (χ2v) is 4.93. The molecule has 0 aliphatic heterocycles. The van der Waals surface area contributed by atoms with E-state index < -0.39 is 0 Å². The highest BCUT2D eigenvalue weighted by Crippen LogP contribution is 2.22. The first-order chi connectivity index (χ1) is 8.28. The molecule has 0 atom stereocenters. The monoisotopic (exact) mass is 243 g/mol. The van der Waals surface area contributed by atoms with Crippen LogP contribution < -0.4 is 0 Å². The van der Waals surface area contributed by atoms with Crippen molar-refractivity contribution in [2.24, 2.45) is 0 Å². The summed E-state index contributed by atoms with van der Waals surface area (Å²) in [7, 11) is 0. The van der Waals surface area contributed by atoms with Gasteiger partial charge in [0.2, 0.25) is 0 Å². The molecule has 0 saturated carbocycles. The van der Waals surface area contributed by atoms with Gasteiger partial charge in [-0.05, 0) is 37.6 Å². The lowest BCUT2D eigenvalue weighted by molar-refractivity contribution is 0.806. The van der Waals surface area contributed by atoms with Gasteiger partial charge >= 0.3 is 0 Å². The molecule has 0 fully saturated rings. The number of hydrogen-bond donors (Lipinski definition) is 0. The molecule has 0 aliphatic rings. The molecule has 0 bridgehead atoms. The fourth-order valence-corrected chi connectivity index (χ4v) is 2.71. The lowest BCUT2D eigenvalue weighted by Crippen LogP contribution is -2.00. The average Bonchev–Trinajstić information content (AvgIpc) is 2.93. The summed E-state index contributed by atoms with van der Waals surface area (Å²) in [6.45, 7) is 4.18. The molecule has 2 heterocycles. The maximum atomic E-state index is 4.54. The highest BCUT2D eigenvalue weighted by molar-refractivity contribution is 7.16. The summed E-state index contributed by atoms with van der Waals surface area (Å²) >= 11 is 1.66. The topological polar surface area (TPSA) is 30.7 Å². The van der Waals surface area contributed by atoms with Crippen molar-refractivity contribution in [2.75, 3.05) is 0 Å². The van der Waals surface area contributed by atoms with Gasteiger partial charge in [0.15, 0.2) is 0 Å². The SMILES string of the molecule is CCc1cc(C)nn1-c1ccc2ncsc2c1. The Kier molecular flexibility index (Phi) is 2.44. The molecule has 0 unspecified atom stereocenters. The highest BCUT2D eigenvalue weighted by atomic mass is 32.1. The Bertz CT molecular complexity index is 666. The van der Waals surface area contributed by atoms with E-state index in [0.29, 0.717) is 0 Å². The van der Waals surface area contributed by atoms with Gasteiger partial charge in [-0.2, -0.15) is 5.10 Å². The third kappa shape index (κ3) is 1.74. The van der Waals surface area contributed by atoms with E-state index in [1.54, 1.807) is 11.3 Å². The minimum atomic E-state index is 0.988. The van der Waals surface area contributed by atoms with E-state index in [1.165, 1.54) is 10.4 Å². The van der Waals surface area contributed by atoms with Gasteiger partial charge in [0, 0.05) is 5.69 Å². The maximum Gasteiger partial charge on any atom is 0.0813 e. The molecule has 3 aromatic rings. The summed E-state index contributed by atoms with van der Waals surface area (Å²) in [6.07, 6.45) is 0.988. The largest absolute Gasteiger partial charge is 0.245 e. The fourth-order valence-electron chi connectivity index (χ4n) is 2.00. The van der Waals surface area contributed by atoms with Gasteiger partial charge in [-0.15, -0.1) is 11.3 Å². The third-order valence-electron chi connectivity index (χ3n) is 2.83. The Hall–Kier alpha value is -1.68. The van der Waals surface area contributed by atoms with E-state index >= 15 is 0 Å². The van der Waals surface area contributed by atoms with Crippen LogP contribution in [0.3, 0.4) is 0 Å². The molecule has 0 saturated heterocycles. The van der Waals surface area contributed by atoms with E-state index in [0.717, 1.165) is 23.3 Å². The van der Waals surface area contributed by atoms with Crippen molar-refractivity contribution in [3.8, 4) is 5.69 Å². The van der Waals surface area contributed by atoms with Gasteiger partial charge in [0.1, 0.15) is 0 Å². The molecule has 17 heavy (non-hydrogen) atoms. The minimum absolute atomic E-state index is 0.988. The molecular weight excluding hydrogens is 230 g/mol. The van der Waals surface area contributed by atoms with E-state index in [1.807, 2.05) is 17.1 Å². The molecular formula is C13H13N3S. The van der Waals surface area contributed by atoms with Crippen LogP contribution >= 0.6 is 11.3 Å². The zero-order valence-corrected chi connectivity index (χ0v) is 10.7. The van der Waals surface area contributed by atoms with Crippen LogP contribution in [-0.4, -0.2) is 14.8 Å². The first-order valence-corrected chi connectivity index (χ1v) is 6.55. The van der Waals surface area contributed by atoms with Crippen LogP contribution in [0.25, 0.3) is 15.9 Å². The summed E-state index contributed by atoms with van der Waals surface area (Å²) in [5.74, 6) is 0. The van der Waals surface area contributed by atoms with Crippen molar-refractivity contribution in [2.45, 2.75) is 20.3 Å². The Morgan fingerprint density at radius 1 is 1.29 bits per heavy atom. The van der Waals surface area contributed by atoms with Gasteiger partial charge in [-0.25, -0.2) is 9.67 Å². The van der Waals surface area contributed by atoms with Crippen LogP contribution in [0.4, 0.5) is 0 Å². The lowest BCUT2D eigenvalue weighted by atomic mass is 10.2. The number of thiazole rings is 1. The molecule has 0 radical (unpaired) electrons. The fraction of sp³-hybridized carbons (Fsp3) is 0.231. The van der Waals surface area contributed by atoms with Crippen LogP contribution in [0, 0.1) is 6.92 Å². The Labute approximate surface area is 104 Å².